The maximum atomic E-state index is 12.1. The van der Waals surface area contributed by atoms with Crippen molar-refractivity contribution in [3.8, 4) is 21.8 Å². The number of thiophene rings is 1. The number of rotatable bonds is 8. The molecule has 0 unspecified atom stereocenters. The predicted molar refractivity (Wildman–Crippen MR) is 146 cm³/mol. The Morgan fingerprint density at radius 3 is 2.52 bits per heavy atom. The van der Waals surface area contributed by atoms with Crippen molar-refractivity contribution in [1.29, 1.82) is 0 Å². The van der Waals surface area contributed by atoms with Crippen LogP contribution in [0.3, 0.4) is 0 Å². The summed E-state index contributed by atoms with van der Waals surface area (Å²) < 4.78 is 33.3. The third kappa shape index (κ3) is 7.33. The van der Waals surface area contributed by atoms with Crippen LogP contribution < -0.4 is 10.6 Å². The van der Waals surface area contributed by atoms with Gasteiger partial charge >= 0.3 is 12.1 Å². The summed E-state index contributed by atoms with van der Waals surface area (Å²) in [7, 11) is 1.76. The fourth-order valence-electron chi connectivity index (χ4n) is 3.73. The number of benzene rings is 2. The lowest BCUT2D eigenvalue weighted by Gasteiger charge is -2.08. The number of aliphatic carboxylic acids is 1. The average molecular weight is 571 g/mol. The second-order valence-electron chi connectivity index (χ2n) is 8.58. The van der Waals surface area contributed by atoms with Gasteiger partial charge in [-0.25, -0.2) is 9.78 Å². The molecule has 13 heteroatoms. The highest BCUT2D eigenvalue weighted by Crippen LogP contribution is 2.32. The Kier molecular flexibility index (Phi) is 8.97. The molecule has 0 spiro atoms. The van der Waals surface area contributed by atoms with Crippen molar-refractivity contribution >= 4 is 34.2 Å². The zero-order chi connectivity index (χ0) is 28.7. The number of aryl methyl sites for hydroxylation is 1. The van der Waals surface area contributed by atoms with Gasteiger partial charge in [0.25, 0.3) is 5.91 Å². The first kappa shape index (κ1) is 28.5. The van der Waals surface area contributed by atoms with Gasteiger partial charge in [0, 0.05) is 32.9 Å². The van der Waals surface area contributed by atoms with Crippen LogP contribution in [0.15, 0.2) is 72.2 Å². The van der Waals surface area contributed by atoms with Crippen LogP contribution in [0.2, 0.25) is 0 Å². The number of fused-ring (bicyclic) bond motifs is 1. The van der Waals surface area contributed by atoms with E-state index < -0.39 is 12.1 Å². The number of carbonyl (C=O) groups excluding carboxylic acids is 1. The highest BCUT2D eigenvalue weighted by atomic mass is 32.1. The monoisotopic (exact) mass is 570 g/mol. The van der Waals surface area contributed by atoms with Gasteiger partial charge in [-0.1, -0.05) is 30.3 Å². The minimum Gasteiger partial charge on any atom is -0.475 e. The molecule has 2 aromatic carbocycles. The van der Waals surface area contributed by atoms with Crippen molar-refractivity contribution in [2.45, 2.75) is 12.7 Å². The van der Waals surface area contributed by atoms with Crippen LogP contribution in [-0.2, 0) is 18.4 Å². The second kappa shape index (κ2) is 12.6. The highest BCUT2D eigenvalue weighted by Gasteiger charge is 2.38. The number of imidazole rings is 1. The van der Waals surface area contributed by atoms with Gasteiger partial charge in [-0.3, -0.25) is 9.48 Å². The van der Waals surface area contributed by atoms with E-state index in [4.69, 9.17) is 14.9 Å². The lowest BCUT2D eigenvalue weighted by Crippen LogP contribution is -2.32. The number of nitrogens with zero attached hydrogens (tertiary/aromatic N) is 3. The number of aromatic amines is 1. The summed E-state index contributed by atoms with van der Waals surface area (Å²) in [6.45, 7) is 1.97. The van der Waals surface area contributed by atoms with Crippen LogP contribution >= 0.6 is 11.3 Å². The lowest BCUT2D eigenvalue weighted by molar-refractivity contribution is -0.192. The van der Waals surface area contributed by atoms with Gasteiger partial charge in [0.05, 0.1) is 15.9 Å². The molecule has 3 aromatic heterocycles. The first-order valence-corrected chi connectivity index (χ1v) is 12.9. The van der Waals surface area contributed by atoms with Crippen molar-refractivity contribution < 1.29 is 27.9 Å². The van der Waals surface area contributed by atoms with E-state index in [-0.39, 0.29) is 5.91 Å². The van der Waals surface area contributed by atoms with Crippen molar-refractivity contribution in [2.24, 2.45) is 7.05 Å². The molecule has 0 aliphatic carbocycles. The number of H-pyrrole nitrogens is 1. The molecule has 208 valence electrons. The molecular weight excluding hydrogens is 545 g/mol. The minimum atomic E-state index is -5.08. The molecule has 0 saturated carbocycles. The van der Waals surface area contributed by atoms with E-state index in [0.29, 0.717) is 18.8 Å². The molecule has 9 nitrogen and oxygen atoms in total. The van der Waals surface area contributed by atoms with Crippen LogP contribution in [0.4, 0.5) is 13.2 Å². The zero-order valence-corrected chi connectivity index (χ0v) is 22.0. The normalized spacial score (nSPS) is 11.2. The Hall–Kier alpha value is -4.49. The largest absolute Gasteiger partial charge is 0.490 e. The fourth-order valence-corrected chi connectivity index (χ4v) is 4.59. The number of nitrogens with one attached hydrogen (secondary N) is 3. The summed E-state index contributed by atoms with van der Waals surface area (Å²) in [5, 5.41) is 19.6. The smallest absolute Gasteiger partial charge is 0.475 e. The molecule has 0 radical (unpaired) electrons. The summed E-state index contributed by atoms with van der Waals surface area (Å²) in [4.78, 5) is 30.2. The van der Waals surface area contributed by atoms with Gasteiger partial charge < -0.3 is 20.7 Å². The molecule has 0 atom stereocenters. The van der Waals surface area contributed by atoms with E-state index >= 15 is 0 Å². The Morgan fingerprint density at radius 1 is 1.05 bits per heavy atom. The molecule has 5 aromatic rings. The van der Waals surface area contributed by atoms with Crippen LogP contribution in [-0.4, -0.2) is 56.0 Å². The summed E-state index contributed by atoms with van der Waals surface area (Å²) in [6, 6.07) is 20.5. The summed E-state index contributed by atoms with van der Waals surface area (Å²) in [5.74, 6) is -1.97. The van der Waals surface area contributed by atoms with Gasteiger partial charge in [-0.2, -0.15) is 18.3 Å². The maximum absolute atomic E-state index is 12.1. The zero-order valence-electron chi connectivity index (χ0n) is 21.2. The number of carboxylic acids is 1. The van der Waals surface area contributed by atoms with Crippen LogP contribution in [0, 0.1) is 0 Å². The summed E-state index contributed by atoms with van der Waals surface area (Å²) in [5.41, 5.74) is 6.14. The van der Waals surface area contributed by atoms with Gasteiger partial charge in [0.2, 0.25) is 0 Å². The fraction of sp³-hybridized carbons (Fsp3) is 0.185. The van der Waals surface area contributed by atoms with Crippen LogP contribution in [0.1, 0.15) is 16.1 Å². The number of aromatic nitrogens is 4. The maximum Gasteiger partial charge on any atom is 0.490 e. The Labute approximate surface area is 230 Å². The van der Waals surface area contributed by atoms with Gasteiger partial charge in [0.1, 0.15) is 11.5 Å². The summed E-state index contributed by atoms with van der Waals surface area (Å²) in [6.07, 6.45) is -3.46. The second-order valence-corrected chi connectivity index (χ2v) is 9.49. The number of alkyl halides is 3. The number of amides is 1. The Morgan fingerprint density at radius 2 is 1.82 bits per heavy atom. The molecule has 40 heavy (non-hydrogen) atoms. The third-order valence-electron chi connectivity index (χ3n) is 5.70. The molecule has 0 saturated heterocycles. The Balaban J connectivity index is 0.000000470. The number of para-hydroxylation sites is 2. The SMILES string of the molecule is Cn1nccc1C(=O)NCCNCc1cccc(-c2csc(-c3nc4ccccc4[nH]3)c2)c1.O=C(O)C(F)(F)F. The van der Waals surface area contributed by atoms with E-state index in [9.17, 15) is 18.0 Å². The molecule has 0 bridgehead atoms. The van der Waals surface area contributed by atoms with Crippen LogP contribution in [0.5, 0.6) is 0 Å². The van der Waals surface area contributed by atoms with Crippen molar-refractivity contribution in [3.63, 3.8) is 0 Å². The van der Waals surface area contributed by atoms with Gasteiger partial charge in [-0.15, -0.1) is 11.3 Å². The molecule has 0 aliphatic rings. The molecule has 1 amide bonds. The van der Waals surface area contributed by atoms with E-state index in [1.165, 1.54) is 16.7 Å². The topological polar surface area (TPSA) is 125 Å². The number of hydrogen-bond acceptors (Lipinski definition) is 6. The van der Waals surface area contributed by atoms with Gasteiger partial charge in [-0.05, 0) is 52.4 Å². The molecule has 4 N–H and O–H groups in total. The molecular formula is C27H25F3N6O3S. The quantitative estimate of drug-likeness (QED) is 0.198. The minimum absolute atomic E-state index is 0.114. The number of hydrogen-bond donors (Lipinski definition) is 4. The van der Waals surface area contributed by atoms with E-state index in [2.05, 4.69) is 56.4 Å². The number of halogens is 3. The molecule has 0 fully saturated rings. The summed E-state index contributed by atoms with van der Waals surface area (Å²) >= 11 is 1.69. The highest BCUT2D eigenvalue weighted by molar-refractivity contribution is 7.13. The first-order chi connectivity index (χ1) is 19.1. The van der Waals surface area contributed by atoms with Crippen molar-refractivity contribution in [1.82, 2.24) is 30.4 Å². The van der Waals surface area contributed by atoms with Crippen molar-refractivity contribution in [3.05, 3.63) is 83.5 Å². The standard InChI is InChI=1S/C25H24N6OS.C2HF3O2/c1-31-22(9-10-28-31)25(32)27-12-11-26-15-17-5-4-6-18(13-17)19-14-23(33-16-19)24-29-20-7-2-3-8-21(20)30-24;3-2(4,5)1(6)7/h2-10,13-14,16,26H,11-12,15H2,1H3,(H,27,32)(H,29,30);(H,6,7). The number of carbonyl (C=O) groups is 2. The van der Waals surface area contributed by atoms with E-state index in [1.807, 2.05) is 24.3 Å². The molecule has 3 heterocycles. The lowest BCUT2D eigenvalue weighted by atomic mass is 10.1. The average Bonchev–Trinajstić information content (AvgIpc) is 3.67. The number of carboxylic acid groups (broad SMARTS) is 1. The third-order valence-corrected chi connectivity index (χ3v) is 6.63. The predicted octanol–water partition coefficient (Wildman–Crippen LogP) is 4.84. The van der Waals surface area contributed by atoms with Crippen molar-refractivity contribution in [2.75, 3.05) is 13.1 Å². The molecule has 0 aliphatic heterocycles. The van der Waals surface area contributed by atoms with E-state index in [1.54, 1.807) is 35.3 Å². The van der Waals surface area contributed by atoms with Crippen LogP contribution in [0.25, 0.3) is 32.9 Å². The van der Waals surface area contributed by atoms with Gasteiger partial charge in [0.15, 0.2) is 0 Å². The van der Waals surface area contributed by atoms with E-state index in [0.717, 1.165) is 28.3 Å². The Bertz CT molecular complexity index is 1580. The first-order valence-electron chi connectivity index (χ1n) is 12.0. The molecule has 5 rings (SSSR count).